The zero-order chi connectivity index (χ0) is 11.8. The number of hydrogen-bond donors (Lipinski definition) is 0. The molecule has 0 saturated heterocycles. The van der Waals surface area contributed by atoms with Gasteiger partial charge in [0.05, 0.1) is 4.87 Å². The second kappa shape index (κ2) is 2.99. The fourth-order valence-electron chi connectivity index (χ4n) is 5.26. The van der Waals surface area contributed by atoms with Crippen LogP contribution in [-0.4, -0.2) is 4.87 Å². The maximum atomic E-state index is 7.15. The highest BCUT2D eigenvalue weighted by Crippen LogP contribution is 2.70. The number of halogens is 1. The second-order valence-electron chi connectivity index (χ2n) is 7.71. The first-order chi connectivity index (χ1) is 7.30. The molecule has 0 radical (unpaired) electrons. The molecule has 0 spiro atoms. The van der Waals surface area contributed by atoms with Gasteiger partial charge in [-0.1, -0.05) is 27.7 Å². The predicted octanol–water partition coefficient (Wildman–Crippen LogP) is 4.86. The summed E-state index contributed by atoms with van der Waals surface area (Å²) < 4.78 is 0. The van der Waals surface area contributed by atoms with E-state index in [1.165, 1.54) is 32.1 Å². The van der Waals surface area contributed by atoms with Crippen molar-refractivity contribution in [2.24, 2.45) is 28.6 Å². The first kappa shape index (κ1) is 11.4. The Labute approximate surface area is 105 Å². The van der Waals surface area contributed by atoms with Gasteiger partial charge in [-0.3, -0.25) is 0 Å². The van der Waals surface area contributed by atoms with Crippen LogP contribution in [0.2, 0.25) is 0 Å². The first-order valence-corrected chi connectivity index (χ1v) is 7.37. The number of rotatable bonds is 0. The Balaban J connectivity index is 2.07. The molecule has 4 bridgehead atoms. The van der Waals surface area contributed by atoms with Gasteiger partial charge in [0.25, 0.3) is 0 Å². The molecule has 4 aliphatic rings. The highest BCUT2D eigenvalue weighted by Gasteiger charge is 2.65. The Morgan fingerprint density at radius 2 is 1.75 bits per heavy atom. The van der Waals surface area contributed by atoms with Crippen molar-refractivity contribution in [2.75, 3.05) is 0 Å². The third-order valence-electron chi connectivity index (χ3n) is 6.76. The van der Waals surface area contributed by atoms with Gasteiger partial charge in [-0.2, -0.15) is 0 Å². The molecule has 4 aliphatic carbocycles. The van der Waals surface area contributed by atoms with Crippen molar-refractivity contribution in [1.29, 1.82) is 0 Å². The van der Waals surface area contributed by atoms with E-state index in [9.17, 15) is 0 Å². The summed E-state index contributed by atoms with van der Waals surface area (Å²) in [7, 11) is 0. The molecule has 92 valence electrons. The molecule has 0 aromatic rings. The molecule has 5 unspecified atom stereocenters. The average molecular weight is 241 g/mol. The molecule has 0 aromatic carbocycles. The van der Waals surface area contributed by atoms with E-state index >= 15 is 0 Å². The molecule has 0 N–H and O–H groups in total. The summed E-state index contributed by atoms with van der Waals surface area (Å²) in [5.41, 5.74) is 0.871. The maximum Gasteiger partial charge on any atom is 0.0533 e. The number of hydrogen-bond acceptors (Lipinski definition) is 0. The predicted molar refractivity (Wildman–Crippen MR) is 69.7 cm³/mol. The number of alkyl halides is 1. The van der Waals surface area contributed by atoms with Crippen molar-refractivity contribution < 1.29 is 0 Å². The highest BCUT2D eigenvalue weighted by molar-refractivity contribution is 6.25. The summed E-state index contributed by atoms with van der Waals surface area (Å²) in [4.78, 5) is 0.107. The van der Waals surface area contributed by atoms with Gasteiger partial charge in [-0.05, 0) is 60.7 Å². The minimum atomic E-state index is 0.107. The molecule has 16 heavy (non-hydrogen) atoms. The highest BCUT2D eigenvalue weighted by atomic mass is 35.5. The lowest BCUT2D eigenvalue weighted by molar-refractivity contribution is -0.132. The van der Waals surface area contributed by atoms with Crippen molar-refractivity contribution in [3.63, 3.8) is 0 Å². The van der Waals surface area contributed by atoms with Crippen LogP contribution in [0, 0.1) is 28.6 Å². The lowest BCUT2D eigenvalue weighted by Crippen LogP contribution is -2.64. The van der Waals surface area contributed by atoms with Crippen LogP contribution in [0.25, 0.3) is 0 Å². The van der Waals surface area contributed by atoms with Crippen molar-refractivity contribution in [1.82, 2.24) is 0 Å². The molecule has 0 aliphatic heterocycles. The molecule has 0 heterocycles. The molecular weight excluding hydrogens is 216 g/mol. The molecule has 0 aromatic heterocycles. The third kappa shape index (κ3) is 1.13. The second-order valence-corrected chi connectivity index (χ2v) is 8.39. The minimum Gasteiger partial charge on any atom is -0.118 e. The number of fused-ring (bicyclic) bond motifs is 1. The van der Waals surface area contributed by atoms with E-state index in [1.54, 1.807) is 0 Å². The van der Waals surface area contributed by atoms with Gasteiger partial charge in [0.2, 0.25) is 0 Å². The van der Waals surface area contributed by atoms with Gasteiger partial charge in [0.1, 0.15) is 0 Å². The summed E-state index contributed by atoms with van der Waals surface area (Å²) in [6.07, 6.45) is 6.82. The van der Waals surface area contributed by atoms with Crippen molar-refractivity contribution in [3.8, 4) is 0 Å². The summed E-state index contributed by atoms with van der Waals surface area (Å²) in [6, 6.07) is 0. The Morgan fingerprint density at radius 1 is 1.06 bits per heavy atom. The summed E-state index contributed by atoms with van der Waals surface area (Å²) in [6.45, 7) is 9.81. The molecule has 4 fully saturated rings. The topological polar surface area (TPSA) is 0 Å². The van der Waals surface area contributed by atoms with Gasteiger partial charge in [-0.25, -0.2) is 0 Å². The van der Waals surface area contributed by atoms with Gasteiger partial charge >= 0.3 is 0 Å². The molecular formula is C15H25Cl. The third-order valence-corrected chi connectivity index (χ3v) is 7.69. The van der Waals surface area contributed by atoms with Crippen LogP contribution in [0.15, 0.2) is 0 Å². The van der Waals surface area contributed by atoms with E-state index in [-0.39, 0.29) is 4.87 Å². The lowest BCUT2D eigenvalue weighted by atomic mass is 9.40. The van der Waals surface area contributed by atoms with Crippen LogP contribution in [-0.2, 0) is 0 Å². The smallest absolute Gasteiger partial charge is 0.0533 e. The zero-order valence-electron chi connectivity index (χ0n) is 11.1. The fraction of sp³-hybridized carbons (Fsp3) is 1.00. The largest absolute Gasteiger partial charge is 0.118 e. The molecule has 4 rings (SSSR count). The van der Waals surface area contributed by atoms with Gasteiger partial charge < -0.3 is 0 Å². The van der Waals surface area contributed by atoms with Crippen molar-refractivity contribution in [2.45, 2.75) is 64.7 Å². The van der Waals surface area contributed by atoms with E-state index < -0.39 is 0 Å². The first-order valence-electron chi connectivity index (χ1n) is 6.99. The average Bonchev–Trinajstić information content (AvgIpc) is 2.17. The normalized spacial score (nSPS) is 58.7. The molecule has 0 amide bonds. The molecule has 5 atom stereocenters. The zero-order valence-corrected chi connectivity index (χ0v) is 11.9. The quantitative estimate of drug-likeness (QED) is 0.531. The maximum absolute atomic E-state index is 7.15. The van der Waals surface area contributed by atoms with Crippen LogP contribution in [0.4, 0.5) is 0 Å². The van der Waals surface area contributed by atoms with Crippen LogP contribution >= 0.6 is 11.6 Å². The molecule has 1 heteroatoms. The summed E-state index contributed by atoms with van der Waals surface area (Å²) >= 11 is 7.15. The van der Waals surface area contributed by atoms with Crippen LogP contribution in [0.5, 0.6) is 0 Å². The van der Waals surface area contributed by atoms with Crippen molar-refractivity contribution >= 4 is 11.6 Å². The minimum absolute atomic E-state index is 0.107. The fourth-order valence-corrected chi connectivity index (χ4v) is 5.93. The van der Waals surface area contributed by atoms with E-state index in [2.05, 4.69) is 27.7 Å². The standard InChI is InChI=1S/C15H25Cl/c1-10-11-5-7-13(2,3)15(16)9-14(10,4)8-6-12(11)15/h10-12H,5-9H2,1-4H3. The van der Waals surface area contributed by atoms with Gasteiger partial charge in [0.15, 0.2) is 0 Å². The SMILES string of the molecule is CC1C2CCC(C)(C)C3(Cl)CC1(C)CCC23. The molecule has 0 nitrogen and oxygen atoms in total. The molecule has 4 saturated carbocycles. The van der Waals surface area contributed by atoms with E-state index in [0.29, 0.717) is 10.8 Å². The summed E-state index contributed by atoms with van der Waals surface area (Å²) in [5, 5.41) is 0. The lowest BCUT2D eigenvalue weighted by Gasteiger charge is -2.68. The van der Waals surface area contributed by atoms with Crippen molar-refractivity contribution in [3.05, 3.63) is 0 Å². The Kier molecular flexibility index (Phi) is 2.13. The van der Waals surface area contributed by atoms with E-state index in [4.69, 9.17) is 11.6 Å². The Morgan fingerprint density at radius 3 is 2.44 bits per heavy atom. The van der Waals surface area contributed by atoms with E-state index in [1.807, 2.05) is 0 Å². The van der Waals surface area contributed by atoms with Crippen LogP contribution in [0.3, 0.4) is 0 Å². The monoisotopic (exact) mass is 240 g/mol. The van der Waals surface area contributed by atoms with Crippen LogP contribution in [0.1, 0.15) is 59.8 Å². The van der Waals surface area contributed by atoms with Gasteiger partial charge in [-0.15, -0.1) is 11.6 Å². The Bertz CT molecular complexity index is 321. The Hall–Kier alpha value is 0.290. The van der Waals surface area contributed by atoms with E-state index in [0.717, 1.165) is 17.8 Å². The van der Waals surface area contributed by atoms with Gasteiger partial charge in [0, 0.05) is 0 Å². The van der Waals surface area contributed by atoms with Crippen LogP contribution < -0.4 is 0 Å². The summed E-state index contributed by atoms with van der Waals surface area (Å²) in [5.74, 6) is 2.61.